The number of aryl methyl sites for hydroxylation is 4. The number of fused-ring (bicyclic) bond motifs is 4. The predicted octanol–water partition coefficient (Wildman–Crippen LogP) is 10.8. The molecule has 142 heavy (non-hydrogen) atoms. The number of halogens is 4. The summed E-state index contributed by atoms with van der Waals surface area (Å²) >= 11 is 0. The predicted molar refractivity (Wildman–Crippen MR) is 531 cm³/mol. The van der Waals surface area contributed by atoms with Crippen LogP contribution in [0.25, 0.3) is 68.8 Å². The fourth-order valence-corrected chi connectivity index (χ4v) is 29.9. The average Bonchev–Trinajstić information content (AvgIpc) is 1.55. The van der Waals surface area contributed by atoms with Gasteiger partial charge in [0.05, 0.1) is 28.1 Å². The Morgan fingerprint density at radius 1 is 0.366 bits per heavy atom. The van der Waals surface area contributed by atoms with Crippen molar-refractivity contribution in [2.24, 2.45) is 49.9 Å². The highest BCUT2D eigenvalue weighted by molar-refractivity contribution is 7.90. The van der Waals surface area contributed by atoms with Gasteiger partial charge in [0.1, 0.15) is 27.5 Å². The lowest BCUT2D eigenvalue weighted by molar-refractivity contribution is -0.140. The Morgan fingerprint density at radius 2 is 0.662 bits per heavy atom. The smallest absolute Gasteiger partial charge is 0.322 e. The summed E-state index contributed by atoms with van der Waals surface area (Å²) in [5, 5.41) is 39.3. The average molecular weight is 2030 g/mol. The van der Waals surface area contributed by atoms with Crippen LogP contribution in [0.15, 0.2) is 149 Å². The van der Waals surface area contributed by atoms with E-state index in [2.05, 4.69) is 14.7 Å². The molecule has 0 radical (unpaired) electrons. The molecule has 0 bridgehead atoms. The molecule has 4 spiro atoms. The first-order valence-electron chi connectivity index (χ1n) is 49.4. The summed E-state index contributed by atoms with van der Waals surface area (Å²) in [7, 11) is -8.73. The number of β-amino-alcohol motifs (C(OH)–C–C–N with tert-alkyl or cyclic N) is 3. The normalized spacial score (nSPS) is 23.8. The Morgan fingerprint density at radius 3 is 0.958 bits per heavy atom. The number of hydrogen-bond donors (Lipinski definition) is 4. The molecule has 14 heterocycles. The molecule has 8 saturated heterocycles. The number of carbonyl (C=O) groups is 1. The summed E-state index contributed by atoms with van der Waals surface area (Å²) in [5.41, 5.74) is 12.1. The van der Waals surface area contributed by atoms with E-state index < -0.39 is 93.1 Å². The lowest BCUT2D eigenvalue weighted by atomic mass is 9.91. The van der Waals surface area contributed by atoms with Crippen molar-refractivity contribution in [1.29, 1.82) is 0 Å². The first kappa shape index (κ1) is 97.5. The van der Waals surface area contributed by atoms with Crippen molar-refractivity contribution in [2.45, 2.75) is 203 Å². The van der Waals surface area contributed by atoms with Gasteiger partial charge in [0.15, 0.2) is 0 Å². The van der Waals surface area contributed by atoms with Crippen molar-refractivity contribution < 1.29 is 76.5 Å². The van der Waals surface area contributed by atoms with Crippen LogP contribution < -0.4 is 41.8 Å². The molecule has 6 aromatic heterocycles. The maximum atomic E-state index is 14.0. The van der Waals surface area contributed by atoms with Gasteiger partial charge in [-0.25, -0.2) is 61.2 Å². The van der Waals surface area contributed by atoms with E-state index in [4.69, 9.17) is 9.97 Å². The number of benzene rings is 2. The number of nitrogens with zero attached hydrogens (tertiary/aromatic N) is 14. The van der Waals surface area contributed by atoms with Crippen molar-refractivity contribution in [1.82, 2.24) is 45.5 Å². The summed E-state index contributed by atoms with van der Waals surface area (Å²) in [6.45, 7) is 6.55. The molecule has 12 fully saturated rings. The number of allylic oxidation sites excluding steroid dienone is 4. The number of aliphatic hydroxyl groups excluding tert-OH is 3. The number of anilines is 4. The molecule has 16 aliphatic rings. The molecule has 8 aliphatic carbocycles. The van der Waals surface area contributed by atoms with Crippen molar-refractivity contribution in [3.05, 3.63) is 196 Å². The second kappa shape index (κ2) is 36.0. The minimum absolute atomic E-state index is 0.0262. The van der Waals surface area contributed by atoms with Gasteiger partial charge in [0, 0.05) is 265 Å². The first-order chi connectivity index (χ1) is 67.5. The second-order valence-electron chi connectivity index (χ2n) is 42.1. The van der Waals surface area contributed by atoms with Crippen LogP contribution in [0.1, 0.15) is 167 Å². The van der Waals surface area contributed by atoms with Crippen LogP contribution in [0.2, 0.25) is 0 Å². The molecule has 24 rings (SSSR count). The lowest BCUT2D eigenvalue weighted by Crippen LogP contribution is -2.40. The molecule has 4 saturated carbocycles. The van der Waals surface area contributed by atoms with Gasteiger partial charge in [-0.15, -0.1) is 0 Å². The third kappa shape index (κ3) is 17.4. The summed E-state index contributed by atoms with van der Waals surface area (Å²) in [5.74, 6) is -4.85. The maximum Gasteiger partial charge on any atom is 0.322 e. The minimum Gasteiger partial charge on any atom is -0.480 e. The van der Waals surface area contributed by atoms with Gasteiger partial charge in [-0.05, 0) is 216 Å². The number of pyridine rings is 6. The zero-order valence-corrected chi connectivity index (χ0v) is 83.1. The molecular formula is C103H118F4N14O17S4. The molecule has 4 atom stereocenters. The molecule has 4 N–H and O–H groups in total. The SMILES string of the molecule is Cn1cc(-c2cc(S(=O)(=O)N3CCCC3C(=O)O)ccc2N2CCC3(CC2)CC3(F)F)c2c(c1=O)CC=C2.Cn1cc(-c2cc(S(=O)(=O)N3CC[C@@H](O)C3)cnc2N2CCC3(CC2)CC3)c2c(c1=O)CC=C2.Cn1cc(-c2cc(S(=O)(=O)N3CC[C@H](O)C3)ccc2N2CCC3(CC2)CC3(F)F)c2c(c1=O)CC=C2.Cn1cc(-c2cc(S(=O)(=O)N3CC[C@H](O)C3)cnc2N2CCC3(CC2)CC3)c2c(c1=O)CC=C2. The molecule has 0 amide bonds. The maximum absolute atomic E-state index is 14.0. The second-order valence-corrected chi connectivity index (χ2v) is 49.8. The summed E-state index contributed by atoms with van der Waals surface area (Å²) in [6, 6.07) is 12.0. The van der Waals surface area contributed by atoms with E-state index >= 15 is 0 Å². The number of aliphatic carboxylic acids is 1. The van der Waals surface area contributed by atoms with Crippen molar-refractivity contribution in [3.8, 4) is 44.5 Å². The number of aromatic nitrogens is 6. The van der Waals surface area contributed by atoms with E-state index in [0.717, 1.165) is 135 Å². The molecule has 8 aromatic rings. The van der Waals surface area contributed by atoms with E-state index in [1.54, 1.807) is 105 Å². The summed E-state index contributed by atoms with van der Waals surface area (Å²) < 4.78 is 175. The molecule has 31 nitrogen and oxygen atoms in total. The number of carboxylic acid groups (broad SMARTS) is 1. The van der Waals surface area contributed by atoms with Gasteiger partial charge in [0.25, 0.3) is 34.1 Å². The van der Waals surface area contributed by atoms with Crippen LogP contribution >= 0.6 is 0 Å². The van der Waals surface area contributed by atoms with E-state index in [0.29, 0.717) is 161 Å². The number of rotatable bonds is 17. The largest absolute Gasteiger partial charge is 0.480 e. The minimum atomic E-state index is -4.12. The highest BCUT2D eigenvalue weighted by Crippen LogP contribution is 2.68. The van der Waals surface area contributed by atoms with Crippen LogP contribution in [0, 0.1) is 21.7 Å². The zero-order valence-electron chi connectivity index (χ0n) is 79.9. The fraction of sp³-hybridized carbons (Fsp3) is 0.505. The van der Waals surface area contributed by atoms with Crippen LogP contribution in [-0.2, 0) is 98.8 Å². The standard InChI is InChI=1S/C27H29F2N3O5S.C26H29F2N3O4S.2C25H30N4O4S/c1-30-15-21(18-4-2-5-19(18)24(30)33)20-14-17(38(36,37)32-11-3-6-23(32)25(34)35)7-8-22(20)31-12-9-26(10-13-31)16-27(26,28)29;1-29-15-22(19-3-2-4-20(19)24(29)33)21-13-18(36(34,35)31-10-7-17(32)14-31)5-6-23(21)30-11-8-25(9-12-30)16-26(25,27)28;2*1-27-16-22(19-3-2-4-20(19)24(27)31)21-13-18(34(32,33)29-10-5-17(30)15-29)14-26-23(21)28-11-8-25(6-7-25)9-12-28/h2,4,7-8,14-15,23H,3,5-6,9-13,16H2,1H3,(H,34,35);2-3,5-6,13,15,17,32H,4,7-12,14,16H2,1H3;2*2-3,13-14,16-17,30H,4-12,15H2,1H3/t;3*17-/m.010/s1. The summed E-state index contributed by atoms with van der Waals surface area (Å²) in [6.07, 6.45) is 38.6. The third-order valence-corrected chi connectivity index (χ3v) is 40.8. The van der Waals surface area contributed by atoms with E-state index in [9.17, 15) is 95.6 Å². The van der Waals surface area contributed by atoms with Gasteiger partial charge in [-0.3, -0.25) is 24.0 Å². The third-order valence-electron chi connectivity index (χ3n) is 33.4. The Labute approximate surface area is 821 Å². The monoisotopic (exact) mass is 2030 g/mol. The molecule has 2 aromatic carbocycles. The van der Waals surface area contributed by atoms with E-state index in [1.807, 2.05) is 53.5 Å². The Hall–Kier alpha value is -10.6. The lowest BCUT2D eigenvalue weighted by Gasteiger charge is -2.35. The topological polar surface area (TPSA) is 374 Å². The number of alkyl halides is 4. The number of hydrogen-bond acceptors (Lipinski definition) is 22. The van der Waals surface area contributed by atoms with Crippen LogP contribution in [0.5, 0.6) is 0 Å². The number of aliphatic hydroxyl groups is 3. The zero-order chi connectivity index (χ0) is 99.8. The highest BCUT2D eigenvalue weighted by atomic mass is 32.2. The van der Waals surface area contributed by atoms with Gasteiger partial charge in [0.2, 0.25) is 40.1 Å². The number of piperidine rings is 4. The van der Waals surface area contributed by atoms with E-state index in [-0.39, 0.29) is 93.8 Å². The van der Waals surface area contributed by atoms with Crippen molar-refractivity contribution in [3.63, 3.8) is 0 Å². The number of carboxylic acids is 1. The molecule has 39 heteroatoms. The first-order valence-corrected chi connectivity index (χ1v) is 55.2. The quantitative estimate of drug-likeness (QED) is 0.0615. The van der Waals surface area contributed by atoms with Crippen molar-refractivity contribution in [2.75, 3.05) is 118 Å². The van der Waals surface area contributed by atoms with Gasteiger partial charge >= 0.3 is 5.97 Å². The highest BCUT2D eigenvalue weighted by Gasteiger charge is 2.72. The number of sulfonamides is 4. The van der Waals surface area contributed by atoms with Crippen LogP contribution in [0.4, 0.5) is 40.6 Å². The molecule has 754 valence electrons. The van der Waals surface area contributed by atoms with Crippen LogP contribution in [-0.4, -0.2) is 240 Å². The Bertz CT molecular complexity index is 7210. The Kier molecular flexibility index (Phi) is 24.7. The Balaban J connectivity index is 0.000000112. The summed E-state index contributed by atoms with van der Waals surface area (Å²) in [4.78, 5) is 81.0. The van der Waals surface area contributed by atoms with Gasteiger partial charge in [-0.1, -0.05) is 48.6 Å². The van der Waals surface area contributed by atoms with Gasteiger partial charge < -0.3 is 58.3 Å². The van der Waals surface area contributed by atoms with Gasteiger partial charge in [-0.2, -0.15) is 17.2 Å². The molecule has 1 unspecified atom stereocenters. The fourth-order valence-electron chi connectivity index (χ4n) is 23.8. The van der Waals surface area contributed by atoms with Crippen LogP contribution in [0.3, 0.4) is 0 Å². The van der Waals surface area contributed by atoms with Crippen molar-refractivity contribution >= 4 is 93.4 Å². The molecule has 8 aliphatic heterocycles. The molecular weight excluding hydrogens is 1910 g/mol. The van der Waals surface area contributed by atoms with E-state index in [1.165, 1.54) is 66.2 Å².